The van der Waals surface area contributed by atoms with Gasteiger partial charge in [-0.15, -0.1) is 0 Å². The minimum atomic E-state index is -0.223. The summed E-state index contributed by atoms with van der Waals surface area (Å²) in [5.41, 5.74) is 2.55. The number of benzene rings is 2. The van der Waals surface area contributed by atoms with Gasteiger partial charge in [-0.1, -0.05) is 42.5 Å². The highest BCUT2D eigenvalue weighted by molar-refractivity contribution is 6.00. The van der Waals surface area contributed by atoms with Crippen molar-refractivity contribution in [1.82, 2.24) is 19.5 Å². The average Bonchev–Trinajstić information content (AvgIpc) is 3.12. The largest absolute Gasteiger partial charge is 0.342 e. The van der Waals surface area contributed by atoms with Crippen LogP contribution in [0.3, 0.4) is 0 Å². The number of aryl methyl sites for hydroxylation is 1. The van der Waals surface area contributed by atoms with Gasteiger partial charge in [-0.05, 0) is 30.5 Å². The summed E-state index contributed by atoms with van der Waals surface area (Å²) >= 11 is 0. The van der Waals surface area contributed by atoms with Gasteiger partial charge in [0.15, 0.2) is 0 Å². The van der Waals surface area contributed by atoms with Crippen molar-refractivity contribution < 1.29 is 4.79 Å². The van der Waals surface area contributed by atoms with E-state index in [0.717, 1.165) is 12.8 Å². The first-order valence-corrected chi connectivity index (χ1v) is 8.93. The van der Waals surface area contributed by atoms with Gasteiger partial charge >= 0.3 is 0 Å². The summed E-state index contributed by atoms with van der Waals surface area (Å²) in [7, 11) is 1.77. The summed E-state index contributed by atoms with van der Waals surface area (Å²) in [4.78, 5) is 29.7. The summed E-state index contributed by atoms with van der Waals surface area (Å²) in [5.74, 6) is -0.149. The van der Waals surface area contributed by atoms with E-state index in [0.29, 0.717) is 28.7 Å². The molecular formula is C21H20N4O2. The average molecular weight is 360 g/mol. The second kappa shape index (κ2) is 7.07. The zero-order valence-corrected chi connectivity index (χ0v) is 15.1. The van der Waals surface area contributed by atoms with Gasteiger partial charge in [-0.25, -0.2) is 4.52 Å². The molecule has 6 heteroatoms. The number of nitrogens with one attached hydrogen (secondary N) is 1. The Hall–Kier alpha value is -3.41. The number of fused-ring (bicyclic) bond motifs is 3. The van der Waals surface area contributed by atoms with Crippen molar-refractivity contribution >= 4 is 22.5 Å². The fourth-order valence-corrected chi connectivity index (χ4v) is 3.31. The second-order valence-corrected chi connectivity index (χ2v) is 6.61. The minimum absolute atomic E-state index is 0.149. The van der Waals surface area contributed by atoms with Crippen molar-refractivity contribution in [3.8, 4) is 0 Å². The Kier molecular flexibility index (Phi) is 4.46. The monoisotopic (exact) mass is 360 g/mol. The fourth-order valence-electron chi connectivity index (χ4n) is 3.31. The van der Waals surface area contributed by atoms with E-state index < -0.39 is 0 Å². The SMILES string of the molecule is CN(CCCc1ccccc1)C(=O)c1cnn2c1[nH]c(=O)c1ccccc12. The van der Waals surface area contributed by atoms with Gasteiger partial charge in [0, 0.05) is 13.6 Å². The van der Waals surface area contributed by atoms with Crippen LogP contribution in [0.2, 0.25) is 0 Å². The van der Waals surface area contributed by atoms with Gasteiger partial charge in [0.2, 0.25) is 0 Å². The molecule has 0 radical (unpaired) electrons. The van der Waals surface area contributed by atoms with Crippen molar-refractivity contribution in [2.45, 2.75) is 12.8 Å². The van der Waals surface area contributed by atoms with Crippen LogP contribution in [0.25, 0.3) is 16.6 Å². The first-order chi connectivity index (χ1) is 13.1. The van der Waals surface area contributed by atoms with Crippen LogP contribution in [0.5, 0.6) is 0 Å². The maximum atomic E-state index is 12.9. The number of aromatic nitrogens is 3. The molecule has 0 saturated heterocycles. The quantitative estimate of drug-likeness (QED) is 0.595. The third-order valence-electron chi connectivity index (χ3n) is 4.76. The highest BCUT2D eigenvalue weighted by atomic mass is 16.2. The van der Waals surface area contributed by atoms with Crippen LogP contribution in [0.4, 0.5) is 0 Å². The molecule has 1 N–H and O–H groups in total. The molecule has 0 saturated carbocycles. The molecule has 4 aromatic rings. The maximum Gasteiger partial charge on any atom is 0.259 e. The maximum absolute atomic E-state index is 12.9. The Morgan fingerprint density at radius 3 is 2.67 bits per heavy atom. The van der Waals surface area contributed by atoms with E-state index in [1.807, 2.05) is 30.3 Å². The molecule has 6 nitrogen and oxygen atoms in total. The Balaban J connectivity index is 1.56. The van der Waals surface area contributed by atoms with Crippen LogP contribution >= 0.6 is 0 Å². The molecular weight excluding hydrogens is 340 g/mol. The first kappa shape index (κ1) is 17.0. The topological polar surface area (TPSA) is 70.5 Å². The fraction of sp³-hybridized carbons (Fsp3) is 0.190. The van der Waals surface area contributed by atoms with Crippen LogP contribution in [0.15, 0.2) is 65.6 Å². The molecule has 0 fully saturated rings. The van der Waals surface area contributed by atoms with Crippen LogP contribution in [-0.4, -0.2) is 39.0 Å². The first-order valence-electron chi connectivity index (χ1n) is 8.93. The van der Waals surface area contributed by atoms with Gasteiger partial charge in [0.1, 0.15) is 11.2 Å². The number of hydrogen-bond donors (Lipinski definition) is 1. The van der Waals surface area contributed by atoms with E-state index >= 15 is 0 Å². The summed E-state index contributed by atoms with van der Waals surface area (Å²) < 4.78 is 1.61. The number of rotatable bonds is 5. The Morgan fingerprint density at radius 2 is 1.85 bits per heavy atom. The number of amides is 1. The molecule has 0 unspecified atom stereocenters. The molecule has 2 aromatic carbocycles. The van der Waals surface area contributed by atoms with E-state index in [-0.39, 0.29) is 11.5 Å². The molecule has 2 aromatic heterocycles. The summed E-state index contributed by atoms with van der Waals surface area (Å²) in [6.45, 7) is 0.628. The standard InChI is InChI=1S/C21H20N4O2/c1-24(13-7-10-15-8-3-2-4-9-15)21(27)17-14-22-25-18-12-6-5-11-16(18)20(26)23-19(17)25/h2-6,8-9,11-12,14H,7,10,13H2,1H3,(H,23,26). The lowest BCUT2D eigenvalue weighted by atomic mass is 10.1. The van der Waals surface area contributed by atoms with Gasteiger partial charge < -0.3 is 9.88 Å². The molecule has 27 heavy (non-hydrogen) atoms. The summed E-state index contributed by atoms with van der Waals surface area (Å²) in [6.07, 6.45) is 3.30. The molecule has 136 valence electrons. The van der Waals surface area contributed by atoms with E-state index in [1.54, 1.807) is 28.6 Å². The number of carbonyl (C=O) groups excluding carboxylic acids is 1. The predicted octanol–water partition coefficient (Wildman–Crippen LogP) is 2.88. The lowest BCUT2D eigenvalue weighted by Crippen LogP contribution is -2.28. The zero-order valence-electron chi connectivity index (χ0n) is 15.1. The highest BCUT2D eigenvalue weighted by Crippen LogP contribution is 2.15. The molecule has 0 spiro atoms. The van der Waals surface area contributed by atoms with E-state index in [1.165, 1.54) is 11.8 Å². The van der Waals surface area contributed by atoms with Crippen LogP contribution in [0.1, 0.15) is 22.3 Å². The molecule has 0 bridgehead atoms. The van der Waals surface area contributed by atoms with Crippen LogP contribution in [-0.2, 0) is 6.42 Å². The van der Waals surface area contributed by atoms with Crippen molar-refractivity contribution in [2.75, 3.05) is 13.6 Å². The molecule has 0 aliphatic carbocycles. The number of H-pyrrole nitrogens is 1. The highest BCUT2D eigenvalue weighted by Gasteiger charge is 2.19. The number of aromatic amines is 1. The van der Waals surface area contributed by atoms with Crippen molar-refractivity contribution in [3.05, 3.63) is 82.3 Å². The lowest BCUT2D eigenvalue weighted by Gasteiger charge is -2.16. The summed E-state index contributed by atoms with van der Waals surface area (Å²) in [5, 5.41) is 4.86. The van der Waals surface area contributed by atoms with E-state index in [9.17, 15) is 9.59 Å². The molecule has 0 aliphatic heterocycles. The number of nitrogens with zero attached hydrogens (tertiary/aromatic N) is 3. The Bertz CT molecular complexity index is 1160. The van der Waals surface area contributed by atoms with Gasteiger partial charge in [0.05, 0.1) is 17.1 Å². The minimum Gasteiger partial charge on any atom is -0.342 e. The van der Waals surface area contributed by atoms with Crippen molar-refractivity contribution in [1.29, 1.82) is 0 Å². The van der Waals surface area contributed by atoms with Gasteiger partial charge in [0.25, 0.3) is 11.5 Å². The smallest absolute Gasteiger partial charge is 0.259 e. The summed E-state index contributed by atoms with van der Waals surface area (Å²) in [6, 6.07) is 17.4. The van der Waals surface area contributed by atoms with Crippen LogP contribution < -0.4 is 5.56 Å². The molecule has 2 heterocycles. The number of carbonyl (C=O) groups is 1. The molecule has 4 rings (SSSR count). The van der Waals surface area contributed by atoms with E-state index in [4.69, 9.17) is 0 Å². The third-order valence-corrected chi connectivity index (χ3v) is 4.76. The normalized spacial score (nSPS) is 11.1. The van der Waals surface area contributed by atoms with Crippen molar-refractivity contribution in [2.24, 2.45) is 0 Å². The number of hydrogen-bond acceptors (Lipinski definition) is 3. The van der Waals surface area contributed by atoms with Gasteiger partial charge in [-0.2, -0.15) is 5.10 Å². The van der Waals surface area contributed by atoms with E-state index in [2.05, 4.69) is 22.2 Å². The Morgan fingerprint density at radius 1 is 1.11 bits per heavy atom. The molecule has 0 aliphatic rings. The van der Waals surface area contributed by atoms with Crippen LogP contribution in [0, 0.1) is 0 Å². The molecule has 0 atom stereocenters. The third kappa shape index (κ3) is 3.21. The Labute approximate surface area is 156 Å². The molecule has 1 amide bonds. The van der Waals surface area contributed by atoms with Crippen molar-refractivity contribution in [3.63, 3.8) is 0 Å². The second-order valence-electron chi connectivity index (χ2n) is 6.61. The lowest BCUT2D eigenvalue weighted by molar-refractivity contribution is 0.0795. The number of para-hydroxylation sites is 1. The van der Waals surface area contributed by atoms with Gasteiger partial charge in [-0.3, -0.25) is 9.59 Å². The predicted molar refractivity (Wildman–Crippen MR) is 105 cm³/mol. The zero-order chi connectivity index (χ0) is 18.8.